The lowest BCUT2D eigenvalue weighted by molar-refractivity contribution is 0.420. The van der Waals surface area contributed by atoms with E-state index in [-0.39, 0.29) is 0 Å². The van der Waals surface area contributed by atoms with Gasteiger partial charge in [0.05, 0.1) is 0 Å². The minimum atomic E-state index is 0.732. The third kappa shape index (κ3) is 4.28. The number of hydrogen-bond donors (Lipinski definition) is 0. The van der Waals surface area contributed by atoms with E-state index in [9.17, 15) is 0 Å². The maximum absolute atomic E-state index is 2.47. The van der Waals surface area contributed by atoms with Gasteiger partial charge in [0.2, 0.25) is 0 Å². The van der Waals surface area contributed by atoms with Crippen molar-refractivity contribution in [1.82, 2.24) is 0 Å². The first kappa shape index (κ1) is 23.8. The second kappa shape index (κ2) is 9.82. The number of anilines is 3. The number of fused-ring (bicyclic) bond motifs is 5. The van der Waals surface area contributed by atoms with Crippen LogP contribution in [0.3, 0.4) is 0 Å². The first-order valence-electron chi connectivity index (χ1n) is 15.2. The van der Waals surface area contributed by atoms with Crippen LogP contribution in [0.2, 0.25) is 0 Å². The summed E-state index contributed by atoms with van der Waals surface area (Å²) >= 11 is 1.89. The zero-order chi connectivity index (χ0) is 25.8. The van der Waals surface area contributed by atoms with Gasteiger partial charge in [-0.1, -0.05) is 68.1 Å². The Kier molecular flexibility index (Phi) is 5.98. The number of benzene rings is 4. The van der Waals surface area contributed by atoms with E-state index < -0.39 is 0 Å². The predicted molar refractivity (Wildman–Crippen MR) is 168 cm³/mol. The molecular formula is C37H37NS. The molecular weight excluding hydrogens is 490 g/mol. The van der Waals surface area contributed by atoms with Crippen LogP contribution >= 0.6 is 11.3 Å². The summed E-state index contributed by atoms with van der Waals surface area (Å²) < 4.78 is 2.72. The zero-order valence-electron chi connectivity index (χ0n) is 22.7. The standard InChI is InChI=1S/C37H37NS/c1-2-6-26(7-3-1)27-12-16-30(17-13-27)38(31-18-14-28(15-19-31)34-23-25-10-11-29(34)22-25)32-20-21-37-35(24-32)33-8-4-5-9-36(33)39-37/h4-5,8-9,12-21,24-26,29,34H,1-3,6-7,10-11,22-23H2. The van der Waals surface area contributed by atoms with E-state index in [0.29, 0.717) is 0 Å². The third-order valence-corrected chi connectivity index (χ3v) is 11.3. The molecule has 39 heavy (non-hydrogen) atoms. The van der Waals surface area contributed by atoms with Crippen LogP contribution in [-0.4, -0.2) is 0 Å². The molecule has 0 N–H and O–H groups in total. The molecule has 1 heterocycles. The van der Waals surface area contributed by atoms with Crippen LogP contribution in [0.25, 0.3) is 20.2 Å². The molecule has 3 unspecified atom stereocenters. The van der Waals surface area contributed by atoms with E-state index in [1.54, 1.807) is 5.56 Å². The predicted octanol–water partition coefficient (Wildman–Crippen LogP) is 11.5. The highest BCUT2D eigenvalue weighted by Gasteiger charge is 2.40. The van der Waals surface area contributed by atoms with Crippen LogP contribution in [0.4, 0.5) is 17.1 Å². The van der Waals surface area contributed by atoms with Crippen LogP contribution in [0.1, 0.15) is 80.8 Å². The molecule has 3 aliphatic carbocycles. The molecule has 4 aromatic carbocycles. The lowest BCUT2D eigenvalue weighted by Crippen LogP contribution is -2.12. The Morgan fingerprint density at radius 3 is 1.97 bits per heavy atom. The van der Waals surface area contributed by atoms with Crippen molar-refractivity contribution >= 4 is 48.6 Å². The minimum absolute atomic E-state index is 0.732. The summed E-state index contributed by atoms with van der Waals surface area (Å²) in [6.07, 6.45) is 12.6. The van der Waals surface area contributed by atoms with Gasteiger partial charge in [-0.3, -0.25) is 0 Å². The van der Waals surface area contributed by atoms with E-state index in [1.807, 2.05) is 11.3 Å². The summed E-state index contributed by atoms with van der Waals surface area (Å²) in [5.41, 5.74) is 6.82. The van der Waals surface area contributed by atoms with E-state index in [1.165, 1.54) is 101 Å². The molecule has 3 saturated carbocycles. The smallest absolute Gasteiger partial charge is 0.0468 e. The molecule has 0 saturated heterocycles. The molecule has 3 aliphatic rings. The molecule has 2 heteroatoms. The summed E-state index contributed by atoms with van der Waals surface area (Å²) in [4.78, 5) is 2.47. The Morgan fingerprint density at radius 2 is 1.26 bits per heavy atom. The molecule has 0 spiro atoms. The van der Waals surface area contributed by atoms with Crippen molar-refractivity contribution < 1.29 is 0 Å². The Labute approximate surface area is 236 Å². The second-order valence-corrected chi connectivity index (χ2v) is 13.5. The van der Waals surface area contributed by atoms with Gasteiger partial charge < -0.3 is 4.90 Å². The highest BCUT2D eigenvalue weighted by Crippen LogP contribution is 2.53. The topological polar surface area (TPSA) is 3.24 Å². The molecule has 196 valence electrons. The Morgan fingerprint density at radius 1 is 0.564 bits per heavy atom. The van der Waals surface area contributed by atoms with Crippen molar-refractivity contribution in [2.75, 3.05) is 4.90 Å². The van der Waals surface area contributed by atoms with Crippen molar-refractivity contribution in [3.63, 3.8) is 0 Å². The van der Waals surface area contributed by atoms with Crippen LogP contribution < -0.4 is 4.90 Å². The first-order chi connectivity index (χ1) is 19.3. The van der Waals surface area contributed by atoms with Crippen molar-refractivity contribution in [3.05, 3.63) is 102 Å². The summed E-state index contributed by atoms with van der Waals surface area (Å²) in [7, 11) is 0. The largest absolute Gasteiger partial charge is 0.310 e. The van der Waals surface area contributed by atoms with Crippen molar-refractivity contribution in [1.29, 1.82) is 0 Å². The molecule has 3 fully saturated rings. The first-order valence-corrected chi connectivity index (χ1v) is 16.0. The van der Waals surface area contributed by atoms with Gasteiger partial charge >= 0.3 is 0 Å². The molecule has 1 aromatic heterocycles. The van der Waals surface area contributed by atoms with Gasteiger partial charge in [0.1, 0.15) is 0 Å². The summed E-state index contributed by atoms with van der Waals surface area (Å²) in [6.45, 7) is 0. The lowest BCUT2D eigenvalue weighted by atomic mass is 9.83. The SMILES string of the molecule is c1ccc2c(c1)sc1ccc(N(c3ccc(C4CCCCC4)cc3)c3ccc(C4CC5CCC4C5)cc3)cc12. The van der Waals surface area contributed by atoms with Gasteiger partial charge in [-0.05, 0) is 115 Å². The normalized spacial score (nSPS) is 23.1. The summed E-state index contributed by atoms with van der Waals surface area (Å²) in [5.74, 6) is 3.40. The molecule has 0 amide bonds. The second-order valence-electron chi connectivity index (χ2n) is 12.4. The maximum Gasteiger partial charge on any atom is 0.0468 e. The quantitative estimate of drug-likeness (QED) is 0.220. The van der Waals surface area contributed by atoms with Crippen LogP contribution in [0, 0.1) is 11.8 Å². The Bertz CT molecular complexity index is 1610. The highest BCUT2D eigenvalue weighted by atomic mass is 32.1. The number of rotatable bonds is 5. The van der Waals surface area contributed by atoms with Gasteiger partial charge in [0.15, 0.2) is 0 Å². The fourth-order valence-corrected chi connectivity index (χ4v) is 9.24. The lowest BCUT2D eigenvalue weighted by Gasteiger charge is -2.28. The van der Waals surface area contributed by atoms with Gasteiger partial charge in [-0.15, -0.1) is 11.3 Å². The minimum Gasteiger partial charge on any atom is -0.310 e. The fraction of sp³-hybridized carbons (Fsp3) is 0.351. The van der Waals surface area contributed by atoms with Crippen molar-refractivity contribution in [3.8, 4) is 0 Å². The molecule has 2 bridgehead atoms. The third-order valence-electron chi connectivity index (χ3n) is 10.2. The van der Waals surface area contributed by atoms with E-state index in [4.69, 9.17) is 0 Å². The van der Waals surface area contributed by atoms with Crippen LogP contribution in [0.15, 0.2) is 91.0 Å². The number of hydrogen-bond acceptors (Lipinski definition) is 2. The molecule has 8 rings (SSSR count). The fourth-order valence-electron chi connectivity index (χ4n) is 8.16. The summed E-state index contributed by atoms with van der Waals surface area (Å²) in [6, 6.07) is 35.0. The van der Waals surface area contributed by atoms with Gasteiger partial charge in [-0.2, -0.15) is 0 Å². The highest BCUT2D eigenvalue weighted by molar-refractivity contribution is 7.25. The van der Waals surface area contributed by atoms with E-state index >= 15 is 0 Å². The average molecular weight is 528 g/mol. The molecule has 0 aliphatic heterocycles. The van der Waals surface area contributed by atoms with E-state index in [0.717, 1.165) is 23.7 Å². The number of nitrogens with zero attached hydrogens (tertiary/aromatic N) is 1. The maximum atomic E-state index is 2.47. The molecule has 3 atom stereocenters. The van der Waals surface area contributed by atoms with Gasteiger partial charge in [0.25, 0.3) is 0 Å². The van der Waals surface area contributed by atoms with Crippen LogP contribution in [0.5, 0.6) is 0 Å². The Hall–Kier alpha value is -3.10. The Balaban J connectivity index is 1.19. The number of thiophene rings is 1. The van der Waals surface area contributed by atoms with Crippen molar-refractivity contribution in [2.45, 2.75) is 69.6 Å². The van der Waals surface area contributed by atoms with Crippen LogP contribution in [-0.2, 0) is 0 Å². The van der Waals surface area contributed by atoms with Gasteiger partial charge in [-0.25, -0.2) is 0 Å². The van der Waals surface area contributed by atoms with Gasteiger partial charge in [0, 0.05) is 37.2 Å². The molecule has 0 radical (unpaired) electrons. The van der Waals surface area contributed by atoms with E-state index in [2.05, 4.69) is 95.9 Å². The monoisotopic (exact) mass is 527 g/mol. The van der Waals surface area contributed by atoms with Crippen molar-refractivity contribution in [2.24, 2.45) is 11.8 Å². The summed E-state index contributed by atoms with van der Waals surface area (Å²) in [5, 5.41) is 2.72. The zero-order valence-corrected chi connectivity index (χ0v) is 23.5. The average Bonchev–Trinajstić information content (AvgIpc) is 3.73. The molecule has 5 aromatic rings. The molecule has 1 nitrogen and oxygen atoms in total.